The summed E-state index contributed by atoms with van der Waals surface area (Å²) in [6.07, 6.45) is 2.79. The summed E-state index contributed by atoms with van der Waals surface area (Å²) in [7, 11) is 0. The number of furan rings is 1. The second-order valence-electron chi connectivity index (χ2n) is 4.24. The van der Waals surface area contributed by atoms with E-state index in [2.05, 4.69) is 41.0 Å². The molecule has 2 rings (SSSR count). The van der Waals surface area contributed by atoms with Crippen molar-refractivity contribution in [2.24, 2.45) is 0 Å². The van der Waals surface area contributed by atoms with E-state index in [1.54, 1.807) is 6.26 Å². The van der Waals surface area contributed by atoms with Gasteiger partial charge in [0.2, 0.25) is 0 Å². The van der Waals surface area contributed by atoms with Crippen LogP contribution in [0, 0.1) is 0 Å². The van der Waals surface area contributed by atoms with Gasteiger partial charge in [0.15, 0.2) is 0 Å². The maximum atomic E-state index is 5.24. The molecule has 1 aromatic heterocycles. The number of benzene rings is 1. The van der Waals surface area contributed by atoms with Crippen molar-refractivity contribution in [3.63, 3.8) is 0 Å². The smallest absolute Gasteiger partial charge is 0.117 e. The minimum absolute atomic E-state index is 0.799. The molecule has 0 aliphatic heterocycles. The van der Waals surface area contributed by atoms with Crippen LogP contribution < -0.4 is 10.6 Å². The van der Waals surface area contributed by atoms with Crippen molar-refractivity contribution in [2.75, 3.05) is 19.6 Å². The second kappa shape index (κ2) is 7.69. The van der Waals surface area contributed by atoms with E-state index in [1.807, 2.05) is 12.1 Å². The van der Waals surface area contributed by atoms with E-state index in [4.69, 9.17) is 4.42 Å². The van der Waals surface area contributed by atoms with Crippen molar-refractivity contribution in [3.05, 3.63) is 60.1 Å². The zero-order valence-electron chi connectivity index (χ0n) is 10.6. The molecule has 0 unspecified atom stereocenters. The highest BCUT2D eigenvalue weighted by atomic mass is 16.3. The molecule has 0 amide bonds. The Bertz CT molecular complexity index is 411. The van der Waals surface area contributed by atoms with Crippen molar-refractivity contribution in [1.29, 1.82) is 0 Å². The van der Waals surface area contributed by atoms with Crippen LogP contribution in [-0.2, 0) is 13.0 Å². The first-order valence-corrected chi connectivity index (χ1v) is 6.43. The van der Waals surface area contributed by atoms with Gasteiger partial charge < -0.3 is 15.1 Å². The van der Waals surface area contributed by atoms with E-state index in [-0.39, 0.29) is 0 Å². The largest absolute Gasteiger partial charge is 0.468 e. The van der Waals surface area contributed by atoms with Crippen LogP contribution in [0.15, 0.2) is 53.1 Å². The van der Waals surface area contributed by atoms with Crippen LogP contribution in [0.2, 0.25) is 0 Å². The van der Waals surface area contributed by atoms with Crippen LogP contribution in [0.1, 0.15) is 11.3 Å². The lowest BCUT2D eigenvalue weighted by molar-refractivity contribution is 0.480. The molecular formula is C15H20N2O. The summed E-state index contributed by atoms with van der Waals surface area (Å²) in [4.78, 5) is 0. The monoisotopic (exact) mass is 244 g/mol. The number of hydrogen-bond acceptors (Lipinski definition) is 3. The van der Waals surface area contributed by atoms with Crippen molar-refractivity contribution >= 4 is 0 Å². The van der Waals surface area contributed by atoms with E-state index in [0.717, 1.165) is 38.4 Å². The molecule has 0 radical (unpaired) electrons. The first-order valence-electron chi connectivity index (χ1n) is 6.43. The third kappa shape index (κ3) is 4.73. The Balaban J connectivity index is 1.47. The Morgan fingerprint density at radius 3 is 2.44 bits per heavy atom. The first kappa shape index (κ1) is 12.9. The average molecular weight is 244 g/mol. The van der Waals surface area contributed by atoms with Crippen LogP contribution in [0.4, 0.5) is 0 Å². The van der Waals surface area contributed by atoms with Gasteiger partial charge in [-0.15, -0.1) is 0 Å². The van der Waals surface area contributed by atoms with E-state index >= 15 is 0 Å². The molecule has 2 N–H and O–H groups in total. The topological polar surface area (TPSA) is 37.2 Å². The third-order valence-electron chi connectivity index (χ3n) is 2.79. The normalized spacial score (nSPS) is 10.7. The van der Waals surface area contributed by atoms with Crippen LogP contribution in [-0.4, -0.2) is 19.6 Å². The highest BCUT2D eigenvalue weighted by Gasteiger charge is 1.94. The zero-order valence-corrected chi connectivity index (χ0v) is 10.6. The van der Waals surface area contributed by atoms with Crippen molar-refractivity contribution in [2.45, 2.75) is 13.0 Å². The Kier molecular flexibility index (Phi) is 5.50. The van der Waals surface area contributed by atoms with Gasteiger partial charge >= 0.3 is 0 Å². The Morgan fingerprint density at radius 1 is 0.833 bits per heavy atom. The third-order valence-corrected chi connectivity index (χ3v) is 2.79. The fraction of sp³-hybridized carbons (Fsp3) is 0.333. The predicted octanol–water partition coefficient (Wildman–Crippen LogP) is 2.20. The summed E-state index contributed by atoms with van der Waals surface area (Å²) < 4.78 is 5.24. The summed E-state index contributed by atoms with van der Waals surface area (Å²) >= 11 is 0. The summed E-state index contributed by atoms with van der Waals surface area (Å²) in [6.45, 7) is 3.75. The van der Waals surface area contributed by atoms with Gasteiger partial charge in [0, 0.05) is 13.1 Å². The fourth-order valence-corrected chi connectivity index (χ4v) is 1.80. The van der Waals surface area contributed by atoms with Crippen LogP contribution >= 0.6 is 0 Å². The van der Waals surface area contributed by atoms with Gasteiger partial charge in [-0.1, -0.05) is 30.3 Å². The molecule has 3 heteroatoms. The molecule has 0 bridgehead atoms. The maximum absolute atomic E-state index is 5.24. The molecule has 0 aliphatic rings. The highest BCUT2D eigenvalue weighted by molar-refractivity contribution is 5.14. The minimum atomic E-state index is 0.799. The second-order valence-corrected chi connectivity index (χ2v) is 4.24. The summed E-state index contributed by atoms with van der Waals surface area (Å²) in [6, 6.07) is 14.4. The van der Waals surface area contributed by atoms with Gasteiger partial charge in [-0.3, -0.25) is 0 Å². The Morgan fingerprint density at radius 2 is 1.67 bits per heavy atom. The minimum Gasteiger partial charge on any atom is -0.468 e. The van der Waals surface area contributed by atoms with Crippen LogP contribution in [0.3, 0.4) is 0 Å². The quantitative estimate of drug-likeness (QED) is 0.699. The predicted molar refractivity (Wildman–Crippen MR) is 73.4 cm³/mol. The number of nitrogens with one attached hydrogen (secondary N) is 2. The molecule has 96 valence electrons. The van der Waals surface area contributed by atoms with Crippen molar-refractivity contribution in [1.82, 2.24) is 10.6 Å². The van der Waals surface area contributed by atoms with Crippen LogP contribution in [0.25, 0.3) is 0 Å². The van der Waals surface area contributed by atoms with E-state index in [1.165, 1.54) is 5.56 Å². The zero-order chi connectivity index (χ0) is 12.5. The van der Waals surface area contributed by atoms with E-state index < -0.39 is 0 Å². The van der Waals surface area contributed by atoms with Crippen molar-refractivity contribution < 1.29 is 4.42 Å². The molecule has 18 heavy (non-hydrogen) atoms. The molecule has 0 aliphatic carbocycles. The summed E-state index contributed by atoms with van der Waals surface area (Å²) in [5.41, 5.74) is 1.38. The number of hydrogen-bond donors (Lipinski definition) is 2. The molecule has 2 aromatic rings. The highest BCUT2D eigenvalue weighted by Crippen LogP contribution is 1.98. The first-order chi connectivity index (χ1) is 8.95. The average Bonchev–Trinajstić information content (AvgIpc) is 2.92. The fourth-order valence-electron chi connectivity index (χ4n) is 1.80. The molecule has 0 saturated carbocycles. The van der Waals surface area contributed by atoms with Gasteiger partial charge in [-0.2, -0.15) is 0 Å². The summed E-state index contributed by atoms with van der Waals surface area (Å²) in [5.74, 6) is 0.985. The lowest BCUT2D eigenvalue weighted by atomic mass is 10.1. The summed E-state index contributed by atoms with van der Waals surface area (Å²) in [5, 5.41) is 6.75. The maximum Gasteiger partial charge on any atom is 0.117 e. The lowest BCUT2D eigenvalue weighted by Gasteiger charge is -2.05. The lowest BCUT2D eigenvalue weighted by Crippen LogP contribution is -2.28. The van der Waals surface area contributed by atoms with Gasteiger partial charge in [0.05, 0.1) is 12.8 Å². The molecule has 0 fully saturated rings. The van der Waals surface area contributed by atoms with Crippen molar-refractivity contribution in [3.8, 4) is 0 Å². The van der Waals surface area contributed by atoms with Crippen LogP contribution in [0.5, 0.6) is 0 Å². The molecule has 1 heterocycles. The van der Waals surface area contributed by atoms with E-state index in [0.29, 0.717) is 0 Å². The molecule has 0 saturated heterocycles. The van der Waals surface area contributed by atoms with Gasteiger partial charge in [-0.05, 0) is 30.7 Å². The molecule has 1 aromatic carbocycles. The molecule has 0 spiro atoms. The Labute approximate surface area is 108 Å². The standard InChI is InChI=1S/C15H20N2O/c1-2-5-14(6-3-1)8-9-16-10-11-17-13-15-7-4-12-18-15/h1-7,12,16-17H,8-11,13H2. The molecule has 0 atom stereocenters. The van der Waals surface area contributed by atoms with Gasteiger partial charge in [0.1, 0.15) is 5.76 Å². The number of rotatable bonds is 8. The van der Waals surface area contributed by atoms with E-state index in [9.17, 15) is 0 Å². The molecular weight excluding hydrogens is 224 g/mol. The molecule has 3 nitrogen and oxygen atoms in total. The van der Waals surface area contributed by atoms with Gasteiger partial charge in [-0.25, -0.2) is 0 Å². The SMILES string of the molecule is c1ccc(CCNCCNCc2ccco2)cc1. The van der Waals surface area contributed by atoms with Gasteiger partial charge in [0.25, 0.3) is 0 Å². The Hall–Kier alpha value is -1.58.